The molecule has 0 spiro atoms. The normalized spacial score (nSPS) is 11.1. The van der Waals surface area contributed by atoms with Gasteiger partial charge >= 0.3 is 6.18 Å². The quantitative estimate of drug-likeness (QED) is 0.712. The Bertz CT molecular complexity index is 500. The first kappa shape index (κ1) is 14.8. The molecular formula is C11H12F3N3O2. The van der Waals surface area contributed by atoms with E-state index in [-0.39, 0.29) is 18.5 Å². The van der Waals surface area contributed by atoms with Gasteiger partial charge in [-0.2, -0.15) is 13.2 Å². The lowest BCUT2D eigenvalue weighted by atomic mass is 10.1. The number of para-hydroxylation sites is 1. The first-order valence-electron chi connectivity index (χ1n) is 5.25. The van der Waals surface area contributed by atoms with Crippen LogP contribution >= 0.6 is 0 Å². The SMILES string of the molecule is NC(=O)CCNC(=O)c1cccc(C(F)(F)F)c1N. The van der Waals surface area contributed by atoms with Gasteiger partial charge in [0.05, 0.1) is 16.8 Å². The third-order valence-electron chi connectivity index (χ3n) is 2.31. The van der Waals surface area contributed by atoms with Gasteiger partial charge in [0, 0.05) is 13.0 Å². The molecule has 1 rings (SSSR count). The molecule has 0 bridgehead atoms. The number of anilines is 1. The maximum absolute atomic E-state index is 12.6. The van der Waals surface area contributed by atoms with E-state index in [1.807, 2.05) is 0 Å². The van der Waals surface area contributed by atoms with Crippen LogP contribution in [0.4, 0.5) is 18.9 Å². The number of halogens is 3. The summed E-state index contributed by atoms with van der Waals surface area (Å²) >= 11 is 0. The summed E-state index contributed by atoms with van der Waals surface area (Å²) in [6.07, 6.45) is -4.74. The lowest BCUT2D eigenvalue weighted by Gasteiger charge is -2.13. The first-order valence-corrected chi connectivity index (χ1v) is 5.25. The van der Waals surface area contributed by atoms with Crippen LogP contribution in [0.3, 0.4) is 0 Å². The second-order valence-electron chi connectivity index (χ2n) is 3.74. The standard InChI is InChI=1S/C11H12F3N3O2/c12-11(13,14)7-3-1-2-6(9(7)16)10(19)17-5-4-8(15)18/h1-3H,4-5,16H2,(H2,15,18)(H,17,19). The highest BCUT2D eigenvalue weighted by Gasteiger charge is 2.34. The third kappa shape index (κ3) is 3.87. The van der Waals surface area contributed by atoms with Crippen LogP contribution in [0.2, 0.25) is 0 Å². The van der Waals surface area contributed by atoms with Crippen LogP contribution in [0, 0.1) is 0 Å². The van der Waals surface area contributed by atoms with Crippen molar-refractivity contribution in [1.29, 1.82) is 0 Å². The molecule has 0 saturated carbocycles. The predicted molar refractivity (Wildman–Crippen MR) is 62.0 cm³/mol. The number of hydrogen-bond acceptors (Lipinski definition) is 3. The number of benzene rings is 1. The predicted octanol–water partition coefficient (Wildman–Crippen LogP) is 0.893. The number of hydrogen-bond donors (Lipinski definition) is 3. The van der Waals surface area contributed by atoms with E-state index < -0.39 is 29.2 Å². The van der Waals surface area contributed by atoms with Crippen LogP contribution in [0.15, 0.2) is 18.2 Å². The molecule has 0 radical (unpaired) electrons. The largest absolute Gasteiger partial charge is 0.418 e. The Balaban J connectivity index is 2.90. The van der Waals surface area contributed by atoms with E-state index in [4.69, 9.17) is 11.5 Å². The van der Waals surface area contributed by atoms with Crippen molar-refractivity contribution in [2.75, 3.05) is 12.3 Å². The molecule has 0 heterocycles. The highest BCUT2D eigenvalue weighted by Crippen LogP contribution is 2.34. The average Bonchev–Trinajstić information content (AvgIpc) is 2.26. The molecule has 0 aliphatic carbocycles. The second-order valence-corrected chi connectivity index (χ2v) is 3.74. The number of carbonyl (C=O) groups is 2. The van der Waals surface area contributed by atoms with Gasteiger partial charge in [-0.05, 0) is 12.1 Å². The zero-order valence-corrected chi connectivity index (χ0v) is 9.75. The molecule has 5 N–H and O–H groups in total. The zero-order chi connectivity index (χ0) is 14.6. The summed E-state index contributed by atoms with van der Waals surface area (Å²) in [5.74, 6) is -1.41. The molecule has 0 atom stereocenters. The summed E-state index contributed by atoms with van der Waals surface area (Å²) in [5, 5.41) is 2.26. The van der Waals surface area contributed by atoms with Gasteiger partial charge in [-0.1, -0.05) is 6.07 Å². The number of nitrogen functional groups attached to an aromatic ring is 1. The summed E-state index contributed by atoms with van der Waals surface area (Å²) in [6, 6.07) is 3.04. The van der Waals surface area contributed by atoms with Gasteiger partial charge in [-0.25, -0.2) is 0 Å². The Hall–Kier alpha value is -2.25. The third-order valence-corrected chi connectivity index (χ3v) is 2.31. The van der Waals surface area contributed by atoms with Crippen molar-refractivity contribution < 1.29 is 22.8 Å². The van der Waals surface area contributed by atoms with Gasteiger partial charge in [0.15, 0.2) is 0 Å². The summed E-state index contributed by atoms with van der Waals surface area (Å²) in [4.78, 5) is 22.1. The number of primary amides is 1. The number of alkyl halides is 3. The molecule has 19 heavy (non-hydrogen) atoms. The molecule has 0 aliphatic rings. The van der Waals surface area contributed by atoms with E-state index >= 15 is 0 Å². The Labute approximate surface area is 106 Å². The van der Waals surface area contributed by atoms with Gasteiger partial charge in [-0.15, -0.1) is 0 Å². The first-order chi connectivity index (χ1) is 8.73. The summed E-state index contributed by atoms with van der Waals surface area (Å²) in [6.45, 7) is -0.0656. The number of carbonyl (C=O) groups excluding carboxylic acids is 2. The van der Waals surface area contributed by atoms with Crippen LogP contribution in [-0.4, -0.2) is 18.4 Å². The number of amides is 2. The zero-order valence-electron chi connectivity index (χ0n) is 9.75. The van der Waals surface area contributed by atoms with Crippen molar-refractivity contribution in [2.24, 2.45) is 5.73 Å². The summed E-state index contributed by atoms with van der Waals surface area (Å²) < 4.78 is 37.7. The highest BCUT2D eigenvalue weighted by atomic mass is 19.4. The van der Waals surface area contributed by atoms with Crippen molar-refractivity contribution >= 4 is 17.5 Å². The molecule has 0 fully saturated rings. The minimum absolute atomic E-state index is 0.0656. The fraction of sp³-hybridized carbons (Fsp3) is 0.273. The van der Waals surface area contributed by atoms with Crippen molar-refractivity contribution in [2.45, 2.75) is 12.6 Å². The molecule has 0 saturated heterocycles. The highest BCUT2D eigenvalue weighted by molar-refractivity contribution is 6.00. The van der Waals surface area contributed by atoms with Crippen LogP contribution in [-0.2, 0) is 11.0 Å². The maximum Gasteiger partial charge on any atom is 0.418 e. The molecule has 0 aromatic heterocycles. The Morgan fingerprint density at radius 1 is 1.26 bits per heavy atom. The summed E-state index contributed by atoms with van der Waals surface area (Å²) in [5.41, 5.74) is 8.18. The minimum Gasteiger partial charge on any atom is -0.398 e. The molecule has 1 aromatic carbocycles. The van der Waals surface area contributed by atoms with Crippen molar-refractivity contribution in [1.82, 2.24) is 5.32 Å². The van der Waals surface area contributed by atoms with E-state index in [0.29, 0.717) is 0 Å². The molecule has 0 unspecified atom stereocenters. The van der Waals surface area contributed by atoms with E-state index in [2.05, 4.69) is 5.32 Å². The van der Waals surface area contributed by atoms with Gasteiger partial charge in [0.1, 0.15) is 0 Å². The number of nitrogens with one attached hydrogen (secondary N) is 1. The molecule has 2 amide bonds. The molecular weight excluding hydrogens is 263 g/mol. The topological polar surface area (TPSA) is 98.2 Å². The number of nitrogens with two attached hydrogens (primary N) is 2. The van der Waals surface area contributed by atoms with E-state index in [1.165, 1.54) is 6.07 Å². The monoisotopic (exact) mass is 275 g/mol. The van der Waals surface area contributed by atoms with E-state index in [1.54, 1.807) is 0 Å². The molecule has 8 heteroatoms. The minimum atomic E-state index is -4.63. The molecule has 0 aliphatic heterocycles. The Morgan fingerprint density at radius 3 is 2.42 bits per heavy atom. The summed E-state index contributed by atoms with van der Waals surface area (Å²) in [7, 11) is 0. The van der Waals surface area contributed by atoms with Gasteiger partial charge in [0.2, 0.25) is 5.91 Å². The van der Waals surface area contributed by atoms with Crippen LogP contribution < -0.4 is 16.8 Å². The average molecular weight is 275 g/mol. The van der Waals surface area contributed by atoms with Crippen LogP contribution in [0.1, 0.15) is 22.3 Å². The second kappa shape index (κ2) is 5.59. The fourth-order valence-electron chi connectivity index (χ4n) is 1.40. The van der Waals surface area contributed by atoms with Crippen LogP contribution in [0.25, 0.3) is 0 Å². The van der Waals surface area contributed by atoms with Crippen molar-refractivity contribution in [3.05, 3.63) is 29.3 Å². The van der Waals surface area contributed by atoms with Gasteiger partial charge < -0.3 is 16.8 Å². The maximum atomic E-state index is 12.6. The van der Waals surface area contributed by atoms with Crippen molar-refractivity contribution in [3.63, 3.8) is 0 Å². The lowest BCUT2D eigenvalue weighted by Crippen LogP contribution is -2.29. The Kier molecular flexibility index (Phi) is 4.36. The number of rotatable bonds is 4. The smallest absolute Gasteiger partial charge is 0.398 e. The van der Waals surface area contributed by atoms with E-state index in [9.17, 15) is 22.8 Å². The lowest BCUT2D eigenvalue weighted by molar-refractivity contribution is -0.136. The molecule has 1 aromatic rings. The Morgan fingerprint density at radius 2 is 1.89 bits per heavy atom. The fourth-order valence-corrected chi connectivity index (χ4v) is 1.40. The van der Waals surface area contributed by atoms with E-state index in [0.717, 1.165) is 12.1 Å². The molecule has 104 valence electrons. The molecule has 5 nitrogen and oxygen atoms in total. The van der Waals surface area contributed by atoms with Gasteiger partial charge in [-0.3, -0.25) is 9.59 Å². The van der Waals surface area contributed by atoms with Crippen molar-refractivity contribution in [3.8, 4) is 0 Å². The van der Waals surface area contributed by atoms with Crippen LogP contribution in [0.5, 0.6) is 0 Å². The van der Waals surface area contributed by atoms with Gasteiger partial charge in [0.25, 0.3) is 5.91 Å².